The molecule has 22 heavy (non-hydrogen) atoms. The van der Waals surface area contributed by atoms with Crippen molar-refractivity contribution in [2.75, 3.05) is 6.54 Å². The lowest BCUT2D eigenvalue weighted by Gasteiger charge is -2.09. The lowest BCUT2D eigenvalue weighted by Crippen LogP contribution is -2.25. The van der Waals surface area contributed by atoms with E-state index in [-0.39, 0.29) is 5.91 Å². The number of unbranched alkanes of at least 4 members (excludes halogenated alkanes) is 2. The number of benzene rings is 2. The topological polar surface area (TPSA) is 29.1 Å². The van der Waals surface area contributed by atoms with Gasteiger partial charge in [0.05, 0.1) is 0 Å². The van der Waals surface area contributed by atoms with E-state index in [2.05, 4.69) is 12.2 Å². The van der Waals surface area contributed by atoms with Crippen LogP contribution in [-0.4, -0.2) is 12.5 Å². The Hall–Kier alpha value is -2.35. The Morgan fingerprint density at radius 2 is 1.59 bits per heavy atom. The van der Waals surface area contributed by atoms with Crippen LogP contribution in [0.1, 0.15) is 37.3 Å². The van der Waals surface area contributed by atoms with Gasteiger partial charge >= 0.3 is 0 Å². The van der Waals surface area contributed by atoms with Gasteiger partial charge in [0.1, 0.15) is 0 Å². The molecule has 0 heterocycles. The van der Waals surface area contributed by atoms with Gasteiger partial charge in [-0.05, 0) is 23.6 Å². The van der Waals surface area contributed by atoms with Gasteiger partial charge in [-0.2, -0.15) is 0 Å². The van der Waals surface area contributed by atoms with Crippen molar-refractivity contribution < 1.29 is 4.79 Å². The summed E-state index contributed by atoms with van der Waals surface area (Å²) >= 11 is 0. The fraction of sp³-hybridized carbons (Fsp3) is 0.250. The molecule has 0 radical (unpaired) electrons. The highest BCUT2D eigenvalue weighted by Gasteiger charge is 2.11. The zero-order valence-electron chi connectivity index (χ0n) is 13.1. The van der Waals surface area contributed by atoms with Crippen LogP contribution in [-0.2, 0) is 4.79 Å². The highest BCUT2D eigenvalue weighted by molar-refractivity contribution is 6.24. The van der Waals surface area contributed by atoms with Gasteiger partial charge in [0.15, 0.2) is 0 Å². The maximum absolute atomic E-state index is 12.5. The molecule has 0 aliphatic heterocycles. The van der Waals surface area contributed by atoms with Crippen LogP contribution in [0.4, 0.5) is 0 Å². The summed E-state index contributed by atoms with van der Waals surface area (Å²) in [4.78, 5) is 12.5. The standard InChI is InChI=1S/C20H23NO/c1-2-3-10-15-21-20(22)19(18-13-8-5-9-14-18)16-17-11-6-4-7-12-17/h4-9,11-14,16H,2-3,10,15H2,1H3,(H,21,22). The molecule has 0 saturated carbocycles. The number of carbonyl (C=O) groups is 1. The van der Waals surface area contributed by atoms with Gasteiger partial charge in [-0.3, -0.25) is 4.79 Å². The third-order valence-corrected chi connectivity index (χ3v) is 3.51. The molecule has 114 valence electrons. The summed E-state index contributed by atoms with van der Waals surface area (Å²) in [5.41, 5.74) is 2.69. The van der Waals surface area contributed by atoms with Crippen molar-refractivity contribution >= 4 is 17.6 Å². The maximum atomic E-state index is 12.5. The molecule has 1 N–H and O–H groups in total. The Bertz CT molecular complexity index is 602. The molecule has 0 atom stereocenters. The van der Waals surface area contributed by atoms with Crippen molar-refractivity contribution in [2.45, 2.75) is 26.2 Å². The van der Waals surface area contributed by atoms with Gasteiger partial charge in [-0.25, -0.2) is 0 Å². The maximum Gasteiger partial charge on any atom is 0.251 e. The normalized spacial score (nSPS) is 11.2. The number of carbonyl (C=O) groups excluding carboxylic acids is 1. The highest BCUT2D eigenvalue weighted by atomic mass is 16.1. The van der Waals surface area contributed by atoms with Crippen LogP contribution < -0.4 is 5.32 Å². The van der Waals surface area contributed by atoms with Gasteiger partial charge in [0.25, 0.3) is 5.91 Å². The van der Waals surface area contributed by atoms with Crippen LogP contribution in [0.5, 0.6) is 0 Å². The minimum absolute atomic E-state index is 0.00819. The number of hydrogen-bond donors (Lipinski definition) is 1. The van der Waals surface area contributed by atoms with Gasteiger partial charge in [0, 0.05) is 12.1 Å². The Morgan fingerprint density at radius 1 is 0.955 bits per heavy atom. The summed E-state index contributed by atoms with van der Waals surface area (Å²) in [7, 11) is 0. The molecule has 0 bridgehead atoms. The first-order valence-electron chi connectivity index (χ1n) is 7.91. The van der Waals surface area contributed by atoms with Crippen molar-refractivity contribution in [3.63, 3.8) is 0 Å². The van der Waals surface area contributed by atoms with E-state index in [0.717, 1.165) is 36.9 Å². The van der Waals surface area contributed by atoms with E-state index in [1.807, 2.05) is 66.7 Å². The SMILES string of the molecule is CCCCCNC(=O)C(=Cc1ccccc1)c1ccccc1. The molecule has 0 saturated heterocycles. The molecule has 0 aliphatic carbocycles. The lowest BCUT2D eigenvalue weighted by atomic mass is 10.0. The largest absolute Gasteiger partial charge is 0.352 e. The predicted octanol–water partition coefficient (Wildman–Crippen LogP) is 4.53. The fourth-order valence-electron chi connectivity index (χ4n) is 2.29. The second-order valence-corrected chi connectivity index (χ2v) is 5.30. The Balaban J connectivity index is 2.19. The Morgan fingerprint density at radius 3 is 2.23 bits per heavy atom. The summed E-state index contributed by atoms with van der Waals surface area (Å²) in [5, 5.41) is 3.03. The molecule has 0 aliphatic rings. The molecule has 0 aromatic heterocycles. The Labute approximate surface area is 132 Å². The van der Waals surface area contributed by atoms with Crippen LogP contribution in [0.15, 0.2) is 60.7 Å². The highest BCUT2D eigenvalue weighted by Crippen LogP contribution is 2.18. The second-order valence-electron chi connectivity index (χ2n) is 5.30. The van der Waals surface area contributed by atoms with E-state index in [1.54, 1.807) is 0 Å². The average molecular weight is 293 g/mol. The molecule has 0 unspecified atom stereocenters. The van der Waals surface area contributed by atoms with Crippen molar-refractivity contribution in [3.8, 4) is 0 Å². The Kier molecular flexibility index (Phi) is 6.43. The monoisotopic (exact) mass is 293 g/mol. The van der Waals surface area contributed by atoms with Gasteiger partial charge in [0.2, 0.25) is 0 Å². The third kappa shape index (κ3) is 4.88. The zero-order chi connectivity index (χ0) is 15.6. The van der Waals surface area contributed by atoms with E-state index in [0.29, 0.717) is 5.57 Å². The molecule has 2 aromatic carbocycles. The molecule has 1 amide bonds. The quantitative estimate of drug-likeness (QED) is 0.453. The lowest BCUT2D eigenvalue weighted by molar-refractivity contribution is -0.115. The van der Waals surface area contributed by atoms with E-state index in [4.69, 9.17) is 0 Å². The predicted molar refractivity (Wildman–Crippen MR) is 93.3 cm³/mol. The minimum atomic E-state index is -0.00819. The van der Waals surface area contributed by atoms with Crippen LogP contribution in [0.3, 0.4) is 0 Å². The van der Waals surface area contributed by atoms with Crippen molar-refractivity contribution in [2.24, 2.45) is 0 Å². The van der Waals surface area contributed by atoms with Crippen LogP contribution in [0, 0.1) is 0 Å². The number of rotatable bonds is 7. The van der Waals surface area contributed by atoms with E-state index in [9.17, 15) is 4.79 Å². The summed E-state index contributed by atoms with van der Waals surface area (Å²) in [5.74, 6) is -0.00819. The van der Waals surface area contributed by atoms with E-state index < -0.39 is 0 Å². The van der Waals surface area contributed by atoms with Gasteiger partial charge < -0.3 is 5.32 Å². The summed E-state index contributed by atoms with van der Waals surface area (Å²) in [6.07, 6.45) is 5.27. The van der Waals surface area contributed by atoms with Gasteiger partial charge in [-0.15, -0.1) is 0 Å². The number of amides is 1. The van der Waals surface area contributed by atoms with Crippen LogP contribution in [0.25, 0.3) is 11.6 Å². The first-order chi connectivity index (χ1) is 10.8. The summed E-state index contributed by atoms with van der Waals surface area (Å²) < 4.78 is 0. The zero-order valence-corrected chi connectivity index (χ0v) is 13.1. The molecule has 0 spiro atoms. The minimum Gasteiger partial charge on any atom is -0.352 e. The molecular formula is C20H23NO. The van der Waals surface area contributed by atoms with E-state index in [1.165, 1.54) is 0 Å². The van der Waals surface area contributed by atoms with E-state index >= 15 is 0 Å². The fourth-order valence-corrected chi connectivity index (χ4v) is 2.29. The van der Waals surface area contributed by atoms with Crippen molar-refractivity contribution in [1.29, 1.82) is 0 Å². The third-order valence-electron chi connectivity index (χ3n) is 3.51. The van der Waals surface area contributed by atoms with Gasteiger partial charge in [-0.1, -0.05) is 80.4 Å². The smallest absolute Gasteiger partial charge is 0.251 e. The summed E-state index contributed by atoms with van der Waals surface area (Å²) in [6, 6.07) is 19.8. The van der Waals surface area contributed by atoms with Crippen LogP contribution in [0.2, 0.25) is 0 Å². The first kappa shape index (κ1) is 16.0. The van der Waals surface area contributed by atoms with Crippen LogP contribution >= 0.6 is 0 Å². The molecule has 2 heteroatoms. The molecule has 2 aromatic rings. The molecule has 2 nitrogen and oxygen atoms in total. The summed E-state index contributed by atoms with van der Waals surface area (Å²) in [6.45, 7) is 2.89. The molecule has 2 rings (SSSR count). The van der Waals surface area contributed by atoms with Crippen molar-refractivity contribution in [1.82, 2.24) is 5.32 Å². The second kappa shape index (κ2) is 8.83. The number of nitrogens with one attached hydrogen (secondary N) is 1. The molecule has 0 fully saturated rings. The average Bonchev–Trinajstić information content (AvgIpc) is 2.58. The number of hydrogen-bond acceptors (Lipinski definition) is 1. The molecular weight excluding hydrogens is 270 g/mol. The first-order valence-corrected chi connectivity index (χ1v) is 7.91. The van der Waals surface area contributed by atoms with Crippen molar-refractivity contribution in [3.05, 3.63) is 71.8 Å².